The largest absolute Gasteiger partial charge is 0.326 e. The van der Waals surface area contributed by atoms with Crippen LogP contribution in [0.5, 0.6) is 0 Å². The van der Waals surface area contributed by atoms with Crippen LogP contribution in [0, 0.1) is 5.82 Å². The molecule has 0 aliphatic heterocycles. The van der Waals surface area contributed by atoms with Crippen LogP contribution in [0.1, 0.15) is 55.0 Å². The molecule has 2 aromatic carbocycles. The summed E-state index contributed by atoms with van der Waals surface area (Å²) in [7, 11) is 0. The van der Waals surface area contributed by atoms with E-state index in [1.165, 1.54) is 13.0 Å². The molecule has 1 aromatic heterocycles. The zero-order chi connectivity index (χ0) is 22.0. The van der Waals surface area contributed by atoms with Crippen molar-refractivity contribution >= 4 is 11.6 Å². The van der Waals surface area contributed by atoms with Crippen molar-refractivity contribution < 1.29 is 9.18 Å². The molecule has 4 rings (SSSR count). The van der Waals surface area contributed by atoms with Crippen molar-refractivity contribution in [2.45, 2.75) is 51.9 Å². The molecular formula is C25H26FN3O2. The highest BCUT2D eigenvalue weighted by Gasteiger charge is 2.20. The van der Waals surface area contributed by atoms with E-state index in [0.29, 0.717) is 23.2 Å². The van der Waals surface area contributed by atoms with Crippen molar-refractivity contribution in [3.63, 3.8) is 0 Å². The van der Waals surface area contributed by atoms with E-state index in [0.717, 1.165) is 48.1 Å². The second-order valence-electron chi connectivity index (χ2n) is 8.27. The minimum Gasteiger partial charge on any atom is -0.326 e. The normalized spacial score (nSPS) is 14.0. The van der Waals surface area contributed by atoms with Gasteiger partial charge < -0.3 is 5.32 Å². The van der Waals surface area contributed by atoms with Gasteiger partial charge >= 0.3 is 0 Å². The van der Waals surface area contributed by atoms with Crippen LogP contribution in [-0.4, -0.2) is 16.1 Å². The third-order valence-corrected chi connectivity index (χ3v) is 5.94. The number of halogens is 1. The lowest BCUT2D eigenvalue weighted by atomic mass is 9.87. The maximum absolute atomic E-state index is 14.7. The first-order valence-corrected chi connectivity index (χ1v) is 10.7. The van der Waals surface area contributed by atoms with Gasteiger partial charge in [-0.05, 0) is 79.0 Å². The van der Waals surface area contributed by atoms with E-state index in [1.807, 2.05) is 12.1 Å². The lowest BCUT2D eigenvalue weighted by Crippen LogP contribution is -2.23. The summed E-state index contributed by atoms with van der Waals surface area (Å²) in [6.07, 6.45) is 4.48. The molecule has 0 saturated heterocycles. The molecule has 0 spiro atoms. The Morgan fingerprint density at radius 2 is 1.94 bits per heavy atom. The Kier molecular flexibility index (Phi) is 5.98. The molecule has 0 bridgehead atoms. The summed E-state index contributed by atoms with van der Waals surface area (Å²) < 4.78 is 14.7. The van der Waals surface area contributed by atoms with E-state index in [-0.39, 0.29) is 23.2 Å². The van der Waals surface area contributed by atoms with Crippen molar-refractivity contribution in [3.05, 3.63) is 81.0 Å². The molecule has 160 valence electrons. The maximum atomic E-state index is 14.7. The average Bonchev–Trinajstić information content (AvgIpc) is 2.76. The molecule has 0 unspecified atom stereocenters. The van der Waals surface area contributed by atoms with Gasteiger partial charge in [-0.1, -0.05) is 25.1 Å². The zero-order valence-electron chi connectivity index (χ0n) is 17.8. The van der Waals surface area contributed by atoms with Crippen LogP contribution in [0.15, 0.2) is 47.3 Å². The number of rotatable bonds is 5. The highest BCUT2D eigenvalue weighted by atomic mass is 19.1. The Morgan fingerprint density at radius 3 is 2.71 bits per heavy atom. The van der Waals surface area contributed by atoms with Crippen molar-refractivity contribution in [1.82, 2.24) is 10.2 Å². The smallest absolute Gasteiger partial charge is 0.267 e. The summed E-state index contributed by atoms with van der Waals surface area (Å²) in [5, 5.41) is 9.73. The van der Waals surface area contributed by atoms with E-state index in [2.05, 4.69) is 22.4 Å². The summed E-state index contributed by atoms with van der Waals surface area (Å²) in [4.78, 5) is 23.5. The quantitative estimate of drug-likeness (QED) is 0.626. The van der Waals surface area contributed by atoms with E-state index < -0.39 is 0 Å². The van der Waals surface area contributed by atoms with E-state index in [4.69, 9.17) is 0 Å². The molecule has 0 fully saturated rings. The molecule has 0 radical (unpaired) electrons. The fourth-order valence-corrected chi connectivity index (χ4v) is 4.34. The fraction of sp³-hybridized carbons (Fsp3) is 0.320. The number of hydrogen-bond acceptors (Lipinski definition) is 3. The van der Waals surface area contributed by atoms with E-state index in [9.17, 15) is 14.0 Å². The van der Waals surface area contributed by atoms with Crippen LogP contribution in [0.3, 0.4) is 0 Å². The lowest BCUT2D eigenvalue weighted by molar-refractivity contribution is -0.114. The monoisotopic (exact) mass is 419 g/mol. The summed E-state index contributed by atoms with van der Waals surface area (Å²) >= 11 is 0. The summed E-state index contributed by atoms with van der Waals surface area (Å²) in [5.41, 5.74) is 5.65. The molecule has 31 heavy (non-hydrogen) atoms. The topological polar surface area (TPSA) is 74.8 Å². The van der Waals surface area contributed by atoms with Gasteiger partial charge in [-0.15, -0.1) is 0 Å². The lowest BCUT2D eigenvalue weighted by Gasteiger charge is -2.20. The number of H-pyrrole nitrogens is 1. The Morgan fingerprint density at radius 1 is 1.16 bits per heavy atom. The molecule has 0 saturated carbocycles. The first kappa shape index (κ1) is 21.0. The first-order valence-electron chi connectivity index (χ1n) is 10.7. The summed E-state index contributed by atoms with van der Waals surface area (Å²) in [6, 6.07) is 12.3. The number of amides is 1. The molecule has 5 nitrogen and oxygen atoms in total. The van der Waals surface area contributed by atoms with Crippen molar-refractivity contribution in [1.29, 1.82) is 0 Å². The van der Waals surface area contributed by atoms with Gasteiger partial charge in [0, 0.05) is 23.7 Å². The second-order valence-corrected chi connectivity index (χ2v) is 8.27. The van der Waals surface area contributed by atoms with Crippen LogP contribution in [0.4, 0.5) is 10.1 Å². The van der Waals surface area contributed by atoms with Gasteiger partial charge in [0.1, 0.15) is 5.82 Å². The Labute approximate surface area is 180 Å². The Bertz CT molecular complexity index is 1190. The molecule has 3 aromatic rings. The number of carbonyl (C=O) groups excluding carboxylic acids is 1. The number of carbonyl (C=O) groups is 1. The number of fused-ring (bicyclic) bond motifs is 1. The van der Waals surface area contributed by atoms with Gasteiger partial charge in [0.15, 0.2) is 0 Å². The number of nitrogens with one attached hydrogen (secondary N) is 2. The van der Waals surface area contributed by atoms with Gasteiger partial charge in [-0.3, -0.25) is 9.59 Å². The van der Waals surface area contributed by atoms with Crippen LogP contribution in [0.25, 0.3) is 11.1 Å². The van der Waals surface area contributed by atoms with E-state index >= 15 is 0 Å². The number of anilines is 1. The Hall–Kier alpha value is -3.28. The zero-order valence-corrected chi connectivity index (χ0v) is 17.8. The van der Waals surface area contributed by atoms with Gasteiger partial charge in [0.2, 0.25) is 5.91 Å². The highest BCUT2D eigenvalue weighted by molar-refractivity contribution is 5.89. The van der Waals surface area contributed by atoms with Gasteiger partial charge in [0.05, 0.1) is 5.69 Å². The number of aromatic amines is 1. The van der Waals surface area contributed by atoms with Crippen LogP contribution < -0.4 is 10.9 Å². The predicted octanol–water partition coefficient (Wildman–Crippen LogP) is 4.76. The van der Waals surface area contributed by atoms with Crippen LogP contribution in [0.2, 0.25) is 0 Å². The minimum atomic E-state index is -0.310. The molecule has 1 aliphatic rings. The molecular weight excluding hydrogens is 393 g/mol. The predicted molar refractivity (Wildman–Crippen MR) is 120 cm³/mol. The van der Waals surface area contributed by atoms with Gasteiger partial charge in [-0.2, -0.15) is 5.10 Å². The van der Waals surface area contributed by atoms with Crippen molar-refractivity contribution in [2.24, 2.45) is 0 Å². The second kappa shape index (κ2) is 8.84. The SMILES string of the molecule is CC(=O)Nc1cccc(-c2cc([C@H](C)Cc3n[nH]c(=O)c4c3CCCC4)ccc2F)c1. The first-order chi connectivity index (χ1) is 14.9. The highest BCUT2D eigenvalue weighted by Crippen LogP contribution is 2.31. The van der Waals surface area contributed by atoms with Gasteiger partial charge in [-0.25, -0.2) is 9.49 Å². The number of hydrogen-bond donors (Lipinski definition) is 2. The number of aromatic nitrogens is 2. The van der Waals surface area contributed by atoms with Crippen LogP contribution in [-0.2, 0) is 24.1 Å². The van der Waals surface area contributed by atoms with Crippen LogP contribution >= 0.6 is 0 Å². The van der Waals surface area contributed by atoms with Gasteiger partial charge in [0.25, 0.3) is 5.56 Å². The minimum absolute atomic E-state index is 0.0748. The average molecular weight is 420 g/mol. The summed E-state index contributed by atoms with van der Waals surface area (Å²) in [6.45, 7) is 3.53. The molecule has 1 amide bonds. The van der Waals surface area contributed by atoms with Crippen molar-refractivity contribution in [2.75, 3.05) is 5.32 Å². The third-order valence-electron chi connectivity index (χ3n) is 5.94. The molecule has 6 heteroatoms. The molecule has 1 atom stereocenters. The standard InChI is InChI=1S/C25H26FN3O2/c1-15(12-24-20-8-3-4-9-21(20)25(31)29-28-24)17-10-11-23(26)22(14-17)18-6-5-7-19(13-18)27-16(2)30/h5-7,10-11,13-15H,3-4,8-9,12H2,1-2H3,(H,27,30)(H,29,31)/t15-/m1/s1. The number of nitrogens with zero attached hydrogens (tertiary/aromatic N) is 1. The fourth-order valence-electron chi connectivity index (χ4n) is 4.34. The third kappa shape index (κ3) is 4.58. The molecule has 2 N–H and O–H groups in total. The van der Waals surface area contributed by atoms with Crippen molar-refractivity contribution in [3.8, 4) is 11.1 Å². The Balaban J connectivity index is 1.63. The molecule has 1 heterocycles. The molecule has 1 aliphatic carbocycles. The maximum Gasteiger partial charge on any atom is 0.267 e. The number of benzene rings is 2. The summed E-state index contributed by atoms with van der Waals surface area (Å²) in [5.74, 6) is -0.380. The van der Waals surface area contributed by atoms with E-state index in [1.54, 1.807) is 24.3 Å².